The number of esters is 1. The van der Waals surface area contributed by atoms with Crippen LogP contribution in [0, 0.1) is 40.9 Å². The zero-order valence-corrected chi connectivity index (χ0v) is 48.7. The van der Waals surface area contributed by atoms with Crippen molar-refractivity contribution in [3.63, 3.8) is 0 Å². The molecule has 0 aromatic carbocycles. The number of carbonyl (C=O) groups is 3. The summed E-state index contributed by atoms with van der Waals surface area (Å²) in [4.78, 5) is 40.2. The van der Waals surface area contributed by atoms with Crippen molar-refractivity contribution in [1.29, 1.82) is 0 Å². The van der Waals surface area contributed by atoms with Gasteiger partial charge in [0.05, 0.1) is 44.2 Å². The lowest BCUT2D eigenvalue weighted by Gasteiger charge is -2.70. The number of aliphatic hydroxyl groups excluding tert-OH is 11. The molecule has 0 radical (unpaired) electrons. The molecule has 0 aromatic heterocycles. The first kappa shape index (κ1) is 65.6. The first-order chi connectivity index (χ1) is 37.4. The zero-order chi connectivity index (χ0) is 59.5. The fraction of sp³-hybridized carbons (Fsp3) is 0.868. The van der Waals surface area contributed by atoms with Crippen molar-refractivity contribution in [1.82, 2.24) is 0 Å². The van der Waals surface area contributed by atoms with Gasteiger partial charge in [-0.1, -0.05) is 56.1 Å². The van der Waals surface area contributed by atoms with Gasteiger partial charge in [-0.3, -0.25) is 4.79 Å². The average Bonchev–Trinajstić information content (AvgIpc) is 2.58. The van der Waals surface area contributed by atoms with Crippen molar-refractivity contribution in [3.8, 4) is 0 Å². The predicted molar refractivity (Wildman–Crippen MR) is 298 cm³/mol. The molecule has 0 aromatic rings. The number of allylic oxidation sites excluding steroid dienone is 2. The fourth-order valence-corrected chi connectivity index (χ4v) is 16.0. The highest BCUT2D eigenvalue weighted by Crippen LogP contribution is 2.75. The Kier molecular flexibility index (Phi) is 20.9. The smallest absolute Gasteiger partial charge is 0.333 e. The average molecular weight is 1150 g/mol. The number of hydrogen-bond acceptors (Lipinski definition) is 22. The minimum absolute atomic E-state index is 0.0919. The summed E-state index contributed by atoms with van der Waals surface area (Å²) in [6.45, 7) is 7.58. The molecule has 0 spiro atoms. The molecular formula is C53H88B4O22S. The SMILES string of the molecule is B[C@@H]1C2CC[C@@]3(B)C4C(=CCC3[C@@]2(B)CC[C@@H]1OC(OC(C)C(=O)O)C(OC1OC(CO)C(O)C(O)C1O)C(OC1OCC(O)C(O)C1O)C(C)O)C1C[C@@](B)(S)[C@@H](OC(=O)/C(C)=C\C)[C@H](CC(=O)C(C)CC)[C@]1(CO)[C@H](O)[C@@H]4O. The number of thiol groups is 1. The van der Waals surface area contributed by atoms with Crippen LogP contribution in [0.2, 0.25) is 16.4 Å². The Balaban J connectivity index is 1.23. The number of fused-ring (bicyclic) bond motifs is 7. The van der Waals surface area contributed by atoms with E-state index in [9.17, 15) is 75.7 Å². The molecule has 27 heteroatoms. The maximum absolute atomic E-state index is 14.1. The molecule has 6 fully saturated rings. The van der Waals surface area contributed by atoms with E-state index in [-0.39, 0.29) is 42.2 Å². The van der Waals surface area contributed by atoms with Gasteiger partial charge in [-0.15, -0.1) is 0 Å². The number of carboxylic acid groups (broad SMARTS) is 1. The first-order valence-corrected chi connectivity index (χ1v) is 29.1. The van der Waals surface area contributed by atoms with Gasteiger partial charge in [0.25, 0.3) is 0 Å². The third-order valence-corrected chi connectivity index (χ3v) is 21.1. The fourth-order valence-electron chi connectivity index (χ4n) is 15.6. The van der Waals surface area contributed by atoms with Crippen molar-refractivity contribution >= 4 is 61.7 Å². The number of Topliss-reactive ketones (excluding diaryl/α,β-unsaturated/α-hetero) is 1. The van der Waals surface area contributed by atoms with Crippen LogP contribution < -0.4 is 0 Å². The predicted octanol–water partition coefficient (Wildman–Crippen LogP) is -4.16. The molecule has 450 valence electrons. The van der Waals surface area contributed by atoms with Crippen LogP contribution in [-0.4, -0.2) is 245 Å². The first-order valence-electron chi connectivity index (χ1n) is 28.7. The van der Waals surface area contributed by atoms with E-state index in [1.807, 2.05) is 29.5 Å². The summed E-state index contributed by atoms with van der Waals surface area (Å²) < 4.78 is 41.9. The summed E-state index contributed by atoms with van der Waals surface area (Å²) in [5.74, 6) is -5.11. The maximum Gasteiger partial charge on any atom is 0.333 e. The second-order valence-electron chi connectivity index (χ2n) is 25.3. The van der Waals surface area contributed by atoms with Gasteiger partial charge < -0.3 is 94.4 Å². The highest BCUT2D eigenvalue weighted by Gasteiger charge is 2.71. The molecule has 22 nitrogen and oxygen atoms in total. The normalized spacial score (nSPS) is 46.1. The molecule has 80 heavy (non-hydrogen) atoms. The Morgan fingerprint density at radius 1 is 0.875 bits per heavy atom. The van der Waals surface area contributed by atoms with Gasteiger partial charge in [-0.05, 0) is 82.3 Å². The van der Waals surface area contributed by atoms with Crippen LogP contribution in [-0.2, 0) is 47.5 Å². The highest BCUT2D eigenvalue weighted by molar-refractivity contribution is 7.83. The van der Waals surface area contributed by atoms with Crippen molar-refractivity contribution in [2.24, 2.45) is 40.9 Å². The molecule has 0 amide bonds. The van der Waals surface area contributed by atoms with Crippen molar-refractivity contribution in [2.75, 3.05) is 19.8 Å². The van der Waals surface area contributed by atoms with E-state index < -0.39 is 181 Å². The van der Waals surface area contributed by atoms with Gasteiger partial charge in [0.15, 0.2) is 25.0 Å². The Hall–Kier alpha value is -1.98. The van der Waals surface area contributed by atoms with Crippen molar-refractivity contribution in [3.05, 3.63) is 23.3 Å². The molecular weight excluding hydrogens is 1060 g/mol. The Labute approximate surface area is 477 Å². The molecule has 29 atom stereocenters. The maximum atomic E-state index is 14.1. The van der Waals surface area contributed by atoms with Crippen LogP contribution >= 0.6 is 12.6 Å². The zero-order valence-electron chi connectivity index (χ0n) is 47.8. The molecule has 7 rings (SSSR count). The monoisotopic (exact) mass is 1150 g/mol. The molecule has 2 saturated heterocycles. The standard InChI is InChI=1S/C53H88B4O22S/c1-7-20(3)28(61)15-26-44(79-46(72)21(4)8-2)53(57,80)16-27-24-9-10-32-51(55)14-12-30(34(54)25(51)11-13-52(32,56)33(24)37(65)43(69)50(26,27)19-59)75-49(74-23(6)45(70)71)42(78-48-40(68)38(66)36(64)31(17-58)76-48)41(22(5)60)77-47-39(67)35(63)29(62)18-73-47/h8-9,20,22-23,25-27,29-44,47-49,58-60,62-69,80H,7,10-19,54-57H2,1-6H3,(H,70,71)/b21-8-/t20?,22?,23?,25?,26-,27?,29?,30-,31?,32?,33?,34+,35?,36?,37+,38?,39?,40?,41?,42?,43+,44-,47?,48?,49?,50-,51+,52-,53+/m0/s1. The second kappa shape index (κ2) is 25.5. The summed E-state index contributed by atoms with van der Waals surface area (Å²) in [7, 11) is 8.23. The van der Waals surface area contributed by atoms with Crippen LogP contribution in [0.25, 0.3) is 0 Å². The van der Waals surface area contributed by atoms with E-state index in [0.29, 0.717) is 44.1 Å². The Morgan fingerprint density at radius 2 is 1.51 bits per heavy atom. The van der Waals surface area contributed by atoms with Gasteiger partial charge in [0.1, 0.15) is 98.2 Å². The third kappa shape index (κ3) is 11.8. The quantitative estimate of drug-likeness (QED) is 0.0137. The molecule has 4 saturated carbocycles. The number of carboxylic acids is 1. The highest BCUT2D eigenvalue weighted by atomic mass is 32.1. The van der Waals surface area contributed by atoms with Gasteiger partial charge in [-0.25, -0.2) is 9.59 Å². The third-order valence-electron chi connectivity index (χ3n) is 20.6. The van der Waals surface area contributed by atoms with E-state index in [1.54, 1.807) is 19.9 Å². The number of carbonyl (C=O) groups excluding carboxylic acids is 2. The molecule has 2 aliphatic heterocycles. The van der Waals surface area contributed by atoms with E-state index in [2.05, 4.69) is 21.8 Å². The molecule has 5 aliphatic carbocycles. The Bertz CT molecular complexity index is 2250. The number of aliphatic hydroxyl groups is 11. The van der Waals surface area contributed by atoms with Crippen molar-refractivity contribution in [2.45, 2.75) is 224 Å². The van der Waals surface area contributed by atoms with E-state index in [0.717, 1.165) is 5.57 Å². The summed E-state index contributed by atoms with van der Waals surface area (Å²) >= 11 is 5.21. The number of ketones is 1. The van der Waals surface area contributed by atoms with Gasteiger partial charge in [0.2, 0.25) is 0 Å². The summed E-state index contributed by atoms with van der Waals surface area (Å²) in [6.07, 6.45) is -22.4. The largest absolute Gasteiger partial charge is 0.479 e. The minimum Gasteiger partial charge on any atom is -0.479 e. The van der Waals surface area contributed by atoms with Crippen molar-refractivity contribution < 1.29 is 109 Å². The van der Waals surface area contributed by atoms with Gasteiger partial charge in [0, 0.05) is 39.8 Å². The van der Waals surface area contributed by atoms with E-state index >= 15 is 0 Å². The summed E-state index contributed by atoms with van der Waals surface area (Å²) in [5.41, 5.74) is -0.276. The lowest BCUT2D eigenvalue weighted by Crippen LogP contribution is -2.72. The molecule has 2 heterocycles. The molecule has 12 N–H and O–H groups in total. The number of rotatable bonds is 20. The summed E-state index contributed by atoms with van der Waals surface area (Å²) in [5, 5.41) is 133. The van der Waals surface area contributed by atoms with E-state index in [4.69, 9.17) is 45.8 Å². The number of aliphatic carboxylic acids is 1. The van der Waals surface area contributed by atoms with Crippen LogP contribution in [0.4, 0.5) is 0 Å². The molecule has 7 aliphatic rings. The molecule has 19 unspecified atom stereocenters. The van der Waals surface area contributed by atoms with Gasteiger partial charge in [-0.2, -0.15) is 12.6 Å². The molecule has 0 bridgehead atoms. The van der Waals surface area contributed by atoms with Gasteiger partial charge >= 0.3 is 11.9 Å². The van der Waals surface area contributed by atoms with Crippen LogP contribution in [0.1, 0.15) is 92.9 Å². The van der Waals surface area contributed by atoms with E-state index in [1.165, 1.54) is 13.8 Å². The summed E-state index contributed by atoms with van der Waals surface area (Å²) in [6, 6.07) is 0. The van der Waals surface area contributed by atoms with Crippen LogP contribution in [0.15, 0.2) is 23.3 Å². The van der Waals surface area contributed by atoms with Crippen LogP contribution in [0.5, 0.6) is 0 Å². The minimum atomic E-state index is -2.01. The lowest BCUT2D eigenvalue weighted by molar-refractivity contribution is -0.366. The number of hydrogen-bond donors (Lipinski definition) is 13. The topological polar surface area (TPSA) is 359 Å². The Morgan fingerprint density at radius 3 is 2.11 bits per heavy atom. The second-order valence-corrected chi connectivity index (χ2v) is 26.3. The van der Waals surface area contributed by atoms with Crippen LogP contribution in [0.3, 0.4) is 0 Å². The lowest BCUT2D eigenvalue weighted by atomic mass is 9.28. The number of ether oxygens (including phenoxy) is 7.